The van der Waals surface area contributed by atoms with E-state index in [-0.39, 0.29) is 25.7 Å². The van der Waals surface area contributed by atoms with Gasteiger partial charge in [-0.25, -0.2) is 9.13 Å². The largest absolute Gasteiger partial charge is 0.472 e. The van der Waals surface area contributed by atoms with Gasteiger partial charge >= 0.3 is 27.6 Å². The van der Waals surface area contributed by atoms with Crippen LogP contribution in [-0.4, -0.2) is 114 Å². The number of hydrogen-bond donors (Lipinski definition) is 8. The predicted octanol–water partition coefficient (Wildman–Crippen LogP) is 8.70. The van der Waals surface area contributed by atoms with Crippen molar-refractivity contribution in [3.05, 3.63) is 109 Å². The Balaban J connectivity index is 2.69. The van der Waals surface area contributed by atoms with Crippen LogP contribution in [0.1, 0.15) is 136 Å². The molecule has 1 fully saturated rings. The maximum atomic E-state index is 13.0. The number of aliphatic hydroxyl groups is 5. The third kappa shape index (κ3) is 34.1. The van der Waals surface area contributed by atoms with Crippen LogP contribution in [0.2, 0.25) is 0 Å². The second-order valence-corrected chi connectivity index (χ2v) is 19.2. The van der Waals surface area contributed by atoms with E-state index in [9.17, 15) is 58.9 Å². The van der Waals surface area contributed by atoms with Gasteiger partial charge in [-0.3, -0.25) is 23.2 Å². The summed E-state index contributed by atoms with van der Waals surface area (Å²) in [6.45, 7) is 2.77. The third-order valence-electron chi connectivity index (χ3n) is 10.4. The molecule has 70 heavy (non-hydrogen) atoms. The Labute approximate surface area is 415 Å². The van der Waals surface area contributed by atoms with Gasteiger partial charge in [0.1, 0.15) is 43.2 Å². The van der Waals surface area contributed by atoms with Crippen molar-refractivity contribution >= 4 is 27.6 Å². The van der Waals surface area contributed by atoms with Gasteiger partial charge in [0, 0.05) is 12.8 Å². The van der Waals surface area contributed by atoms with Crippen molar-refractivity contribution in [3.63, 3.8) is 0 Å². The van der Waals surface area contributed by atoms with E-state index in [1.807, 2.05) is 6.08 Å². The lowest BCUT2D eigenvalue weighted by Gasteiger charge is -2.43. The first-order valence-corrected chi connectivity index (χ1v) is 27.6. The van der Waals surface area contributed by atoms with Gasteiger partial charge in [-0.1, -0.05) is 142 Å². The van der Waals surface area contributed by atoms with Gasteiger partial charge in [-0.05, 0) is 89.9 Å². The van der Waals surface area contributed by atoms with Crippen molar-refractivity contribution in [2.75, 3.05) is 13.2 Å². The van der Waals surface area contributed by atoms with Crippen LogP contribution in [0.25, 0.3) is 0 Å². The molecule has 0 aromatic rings. The summed E-state index contributed by atoms with van der Waals surface area (Å²) >= 11 is 0. The van der Waals surface area contributed by atoms with E-state index < -0.39 is 89.6 Å². The zero-order valence-corrected chi connectivity index (χ0v) is 42.8. The van der Waals surface area contributed by atoms with Crippen LogP contribution in [-0.2, 0) is 41.8 Å². The minimum atomic E-state index is -5.40. The molecule has 0 spiro atoms. The topological polar surface area (TPSA) is 276 Å². The summed E-state index contributed by atoms with van der Waals surface area (Å²) in [6, 6.07) is 0. The smallest absolute Gasteiger partial charge is 0.462 e. The van der Waals surface area contributed by atoms with Gasteiger partial charge in [-0.15, -0.1) is 0 Å². The molecule has 0 saturated heterocycles. The molecule has 1 aliphatic carbocycles. The number of allylic oxidation sites excluding steroid dienone is 17. The van der Waals surface area contributed by atoms with Gasteiger partial charge in [-0.2, -0.15) is 0 Å². The van der Waals surface area contributed by atoms with Crippen LogP contribution >= 0.6 is 15.6 Å². The molecular weight excluding hydrogens is 946 g/mol. The molecule has 9 atom stereocenters. The molecule has 0 amide bonds. The van der Waals surface area contributed by atoms with Gasteiger partial charge < -0.3 is 49.7 Å². The first-order valence-electron chi connectivity index (χ1n) is 24.5. The van der Waals surface area contributed by atoms with E-state index in [0.29, 0.717) is 6.42 Å². The standard InChI is InChI=1S/C51H82O17P2/c1-3-5-7-9-11-13-15-17-18-19-20-21-22-24-26-28-30-32-34-38-44(53)64-40-43(41-65-70(62,63)68-51-48(57)46(55)47(56)50(49(51)58)67-69(59,60)61)66-45(54)39-35-37-42(52)36-33-31-29-27-25-23-16-14-12-10-8-6-4-2/h5,7,11-14,17-18,20-21,23-26,29,31,33,36,42-43,46-52,55-58H,3-4,6,8-10,15-16,19,22,27-28,30,32,34-35,37-41H2,1-2H3,(H,62,63)(H2,59,60,61)/b7-5-,13-11-,14-12-,18-17-,21-20-,25-23-,26-24-,31-29-,36-33+/t42-,43+,46?,47?,48?,49?,50+,51-/m0/s1. The summed E-state index contributed by atoms with van der Waals surface area (Å²) in [7, 11) is -10.8. The lowest BCUT2D eigenvalue weighted by Crippen LogP contribution is -2.64. The van der Waals surface area contributed by atoms with E-state index in [0.717, 1.165) is 70.6 Å². The number of unbranched alkanes of at least 4 members (excludes halogenated alkanes) is 6. The Morgan fingerprint density at radius 2 is 1.04 bits per heavy atom. The molecule has 0 aromatic carbocycles. The summed E-state index contributed by atoms with van der Waals surface area (Å²) in [5.41, 5.74) is 0. The Hall–Kier alpha value is -3.38. The van der Waals surface area contributed by atoms with Gasteiger partial charge in [0.15, 0.2) is 6.10 Å². The number of hydrogen-bond acceptors (Lipinski definition) is 14. The lowest BCUT2D eigenvalue weighted by atomic mass is 9.85. The summed E-state index contributed by atoms with van der Waals surface area (Å²) < 4.78 is 49.2. The maximum absolute atomic E-state index is 13.0. The molecule has 1 aliphatic rings. The van der Waals surface area contributed by atoms with Crippen LogP contribution < -0.4 is 0 Å². The first-order chi connectivity index (χ1) is 33.5. The number of rotatable bonds is 39. The monoisotopic (exact) mass is 1030 g/mol. The van der Waals surface area contributed by atoms with Gasteiger partial charge in [0.25, 0.3) is 0 Å². The molecule has 1 rings (SSSR count). The van der Waals surface area contributed by atoms with Crippen molar-refractivity contribution < 1.29 is 82.0 Å². The fourth-order valence-corrected chi connectivity index (χ4v) is 8.16. The highest BCUT2D eigenvalue weighted by molar-refractivity contribution is 7.47. The molecule has 0 radical (unpaired) electrons. The molecule has 17 nitrogen and oxygen atoms in total. The molecule has 0 aromatic heterocycles. The molecule has 0 heterocycles. The van der Waals surface area contributed by atoms with E-state index in [1.54, 1.807) is 18.2 Å². The first kappa shape index (κ1) is 64.6. The van der Waals surface area contributed by atoms with Crippen LogP contribution in [0, 0.1) is 0 Å². The van der Waals surface area contributed by atoms with Crippen molar-refractivity contribution in [3.8, 4) is 0 Å². The van der Waals surface area contributed by atoms with Crippen molar-refractivity contribution in [1.29, 1.82) is 0 Å². The lowest BCUT2D eigenvalue weighted by molar-refractivity contribution is -0.216. The molecule has 0 aliphatic heterocycles. The third-order valence-corrected chi connectivity index (χ3v) is 11.9. The highest BCUT2D eigenvalue weighted by Crippen LogP contribution is 2.49. The van der Waals surface area contributed by atoms with Crippen molar-refractivity contribution in [1.82, 2.24) is 0 Å². The van der Waals surface area contributed by atoms with E-state index in [1.165, 1.54) is 19.3 Å². The molecule has 19 heteroatoms. The van der Waals surface area contributed by atoms with Gasteiger partial charge in [0.2, 0.25) is 0 Å². The minimum Gasteiger partial charge on any atom is -0.462 e. The molecule has 5 unspecified atom stereocenters. The highest BCUT2D eigenvalue weighted by Gasteiger charge is 2.54. The van der Waals surface area contributed by atoms with Crippen LogP contribution in [0.4, 0.5) is 0 Å². The van der Waals surface area contributed by atoms with E-state index >= 15 is 0 Å². The predicted molar refractivity (Wildman–Crippen MR) is 270 cm³/mol. The van der Waals surface area contributed by atoms with Crippen LogP contribution in [0.15, 0.2) is 109 Å². The van der Waals surface area contributed by atoms with Crippen LogP contribution in [0.5, 0.6) is 0 Å². The van der Waals surface area contributed by atoms with E-state index in [2.05, 4.69) is 103 Å². The number of carbonyl (C=O) groups is 2. The second kappa shape index (κ2) is 40.1. The zero-order valence-electron chi connectivity index (χ0n) is 41.0. The minimum absolute atomic E-state index is 0.0342. The fraction of sp³-hybridized carbons (Fsp3) is 0.608. The Bertz CT molecular complexity index is 1780. The number of aliphatic hydroxyl groups excluding tert-OH is 5. The number of esters is 2. The molecular formula is C51H82O17P2. The average Bonchev–Trinajstić information content (AvgIpc) is 3.31. The maximum Gasteiger partial charge on any atom is 0.472 e. The molecule has 8 N–H and O–H groups in total. The van der Waals surface area contributed by atoms with Crippen molar-refractivity contribution in [2.45, 2.75) is 185 Å². The summed E-state index contributed by atoms with van der Waals surface area (Å²) in [4.78, 5) is 54.4. The number of phosphoric acid groups is 2. The number of carbonyl (C=O) groups excluding carboxylic acids is 2. The summed E-state index contributed by atoms with van der Waals surface area (Å²) in [6.07, 6.45) is 34.8. The average molecular weight is 1030 g/mol. The highest BCUT2D eigenvalue weighted by atomic mass is 31.2. The molecule has 398 valence electrons. The zero-order chi connectivity index (χ0) is 51.9. The SMILES string of the molecule is CC/C=C\C/C=C\C/C=C\C/C=C\C/C=C\CCCCCC(=O)OC[C@H](COP(=O)(O)O[C@H]1C(O)C(O)C(O)[C@@H](OP(=O)(O)O)C1O)OC(=O)CCC[C@@H](O)/C=C/C=C\C/C=C\C/C=C\CCCCC. The molecule has 1 saturated carbocycles. The number of ether oxygens (including phenoxy) is 2. The number of phosphoric ester groups is 2. The Kier molecular flexibility index (Phi) is 37.1. The Morgan fingerprint density at radius 1 is 0.543 bits per heavy atom. The van der Waals surface area contributed by atoms with Gasteiger partial charge in [0.05, 0.1) is 12.7 Å². The molecule has 0 bridgehead atoms. The fourth-order valence-electron chi connectivity index (χ4n) is 6.62. The van der Waals surface area contributed by atoms with Crippen LogP contribution in [0.3, 0.4) is 0 Å². The van der Waals surface area contributed by atoms with Crippen molar-refractivity contribution in [2.24, 2.45) is 0 Å². The quantitative estimate of drug-likeness (QED) is 0.00940. The van der Waals surface area contributed by atoms with E-state index in [4.69, 9.17) is 18.5 Å². The normalized spacial score (nSPS) is 22.4. The summed E-state index contributed by atoms with van der Waals surface area (Å²) in [5, 5.41) is 51.6. The summed E-state index contributed by atoms with van der Waals surface area (Å²) in [5.74, 6) is -1.46. The Morgan fingerprint density at radius 3 is 1.59 bits per heavy atom. The second-order valence-electron chi connectivity index (χ2n) is 16.6.